The van der Waals surface area contributed by atoms with Crippen molar-refractivity contribution >= 4 is 10.9 Å². The zero-order chi connectivity index (χ0) is 16.9. The summed E-state index contributed by atoms with van der Waals surface area (Å²) in [5.41, 5.74) is 2.76. The van der Waals surface area contributed by atoms with Gasteiger partial charge in [-0.15, -0.1) is 0 Å². The molecule has 0 radical (unpaired) electrons. The van der Waals surface area contributed by atoms with Crippen LogP contribution in [0.4, 0.5) is 0 Å². The van der Waals surface area contributed by atoms with Crippen molar-refractivity contribution in [2.24, 2.45) is 0 Å². The van der Waals surface area contributed by atoms with E-state index in [9.17, 15) is 4.79 Å². The molecule has 3 rings (SSSR count). The number of ether oxygens (including phenoxy) is 2. The van der Waals surface area contributed by atoms with Gasteiger partial charge in [-0.2, -0.15) is 0 Å². The van der Waals surface area contributed by atoms with Crippen LogP contribution in [0.2, 0.25) is 0 Å². The third-order valence-electron chi connectivity index (χ3n) is 4.54. The number of rotatable bonds is 6. The Balaban J connectivity index is 1.89. The molecule has 130 valence electrons. The van der Waals surface area contributed by atoms with Crippen molar-refractivity contribution in [1.29, 1.82) is 0 Å². The molecule has 1 aliphatic rings. The summed E-state index contributed by atoms with van der Waals surface area (Å²) in [6.07, 6.45) is 2.11. The lowest BCUT2D eigenvalue weighted by Crippen LogP contribution is -2.37. The van der Waals surface area contributed by atoms with E-state index in [4.69, 9.17) is 9.47 Å². The Hall–Kier alpha value is -1.85. The molecule has 1 aliphatic heterocycles. The fourth-order valence-electron chi connectivity index (χ4n) is 3.03. The Labute approximate surface area is 142 Å². The molecule has 5 nitrogen and oxygen atoms in total. The first-order valence-corrected chi connectivity index (χ1v) is 8.77. The molecule has 0 atom stereocenters. The molecule has 1 saturated heterocycles. The molecule has 24 heavy (non-hydrogen) atoms. The van der Waals surface area contributed by atoms with E-state index in [2.05, 4.69) is 16.8 Å². The Morgan fingerprint density at radius 3 is 2.83 bits per heavy atom. The zero-order valence-electron chi connectivity index (χ0n) is 14.6. The first-order chi connectivity index (χ1) is 11.7. The summed E-state index contributed by atoms with van der Waals surface area (Å²) in [6, 6.07) is 5.73. The maximum absolute atomic E-state index is 13.0. The van der Waals surface area contributed by atoms with Gasteiger partial charge in [0.1, 0.15) is 5.75 Å². The number of pyridine rings is 1. The molecule has 0 saturated carbocycles. The Bertz CT molecular complexity index is 748. The summed E-state index contributed by atoms with van der Waals surface area (Å²) < 4.78 is 11.1. The van der Waals surface area contributed by atoms with Crippen LogP contribution in [0.1, 0.15) is 31.0 Å². The van der Waals surface area contributed by atoms with Crippen molar-refractivity contribution in [3.63, 3.8) is 0 Å². The number of hydrogen-bond donors (Lipinski definition) is 1. The van der Waals surface area contributed by atoms with Gasteiger partial charge in [-0.25, -0.2) is 0 Å². The molecule has 0 bridgehead atoms. The van der Waals surface area contributed by atoms with Gasteiger partial charge in [0.2, 0.25) is 0 Å². The molecule has 2 aromatic rings. The van der Waals surface area contributed by atoms with Gasteiger partial charge >= 0.3 is 0 Å². The van der Waals surface area contributed by atoms with Crippen LogP contribution in [0.15, 0.2) is 23.0 Å². The monoisotopic (exact) mass is 330 g/mol. The number of unbranched alkanes of at least 4 members (excludes halogenated alkanes) is 1. The number of aromatic nitrogens is 1. The van der Waals surface area contributed by atoms with Gasteiger partial charge in [-0.1, -0.05) is 13.3 Å². The minimum atomic E-state index is 0.105. The standard InChI is InChI=1S/C19H26N2O3/c1-3-4-9-24-15-5-6-18-16(12-15)19(22)17(14(2)20-18)13-21-7-10-23-11-8-21/h5-6,12H,3-4,7-11,13H2,1-2H3,(H,20,22). The second-order valence-corrected chi connectivity index (χ2v) is 6.36. The van der Waals surface area contributed by atoms with Gasteiger partial charge in [0.15, 0.2) is 5.43 Å². The fraction of sp³-hybridized carbons (Fsp3) is 0.526. The van der Waals surface area contributed by atoms with E-state index < -0.39 is 0 Å². The summed E-state index contributed by atoms with van der Waals surface area (Å²) in [6.45, 7) is 8.68. The molecule has 1 fully saturated rings. The topological polar surface area (TPSA) is 54.6 Å². The molecule has 0 unspecified atom stereocenters. The van der Waals surface area contributed by atoms with Crippen molar-refractivity contribution in [2.45, 2.75) is 33.2 Å². The highest BCUT2D eigenvalue weighted by Crippen LogP contribution is 2.19. The Kier molecular flexibility index (Phi) is 5.53. The molecule has 1 aromatic heterocycles. The van der Waals surface area contributed by atoms with E-state index in [0.29, 0.717) is 18.5 Å². The van der Waals surface area contributed by atoms with Crippen LogP contribution in [0.5, 0.6) is 5.75 Å². The SMILES string of the molecule is CCCCOc1ccc2[nH]c(C)c(CN3CCOCC3)c(=O)c2c1. The van der Waals surface area contributed by atoms with Gasteiger partial charge in [-0.3, -0.25) is 9.69 Å². The minimum Gasteiger partial charge on any atom is -0.494 e. The number of morpholine rings is 1. The number of aromatic amines is 1. The summed E-state index contributed by atoms with van der Waals surface area (Å²) in [5, 5.41) is 0.706. The number of fused-ring (bicyclic) bond motifs is 1. The molecule has 0 aliphatic carbocycles. The predicted octanol–water partition coefficient (Wildman–Crippen LogP) is 2.85. The molecule has 2 heterocycles. The first kappa shape index (κ1) is 17.0. The lowest BCUT2D eigenvalue weighted by atomic mass is 10.1. The number of hydrogen-bond acceptors (Lipinski definition) is 4. The predicted molar refractivity (Wildman–Crippen MR) is 95.8 cm³/mol. The minimum absolute atomic E-state index is 0.105. The molecule has 0 amide bonds. The first-order valence-electron chi connectivity index (χ1n) is 8.77. The maximum atomic E-state index is 13.0. The lowest BCUT2D eigenvalue weighted by molar-refractivity contribution is 0.0339. The quantitative estimate of drug-likeness (QED) is 0.828. The number of nitrogens with one attached hydrogen (secondary N) is 1. The van der Waals surface area contributed by atoms with E-state index in [1.165, 1.54) is 0 Å². The van der Waals surface area contributed by atoms with Gasteiger partial charge in [0, 0.05) is 41.8 Å². The van der Waals surface area contributed by atoms with Crippen molar-refractivity contribution in [1.82, 2.24) is 9.88 Å². The van der Waals surface area contributed by atoms with Crippen molar-refractivity contribution in [2.75, 3.05) is 32.9 Å². The summed E-state index contributed by atoms with van der Waals surface area (Å²) in [4.78, 5) is 18.6. The average Bonchev–Trinajstić information content (AvgIpc) is 2.60. The van der Waals surface area contributed by atoms with E-state index in [1.54, 1.807) is 0 Å². The summed E-state index contributed by atoms with van der Waals surface area (Å²) >= 11 is 0. The molecular weight excluding hydrogens is 304 g/mol. The Morgan fingerprint density at radius 2 is 2.08 bits per heavy atom. The third-order valence-corrected chi connectivity index (χ3v) is 4.54. The fourth-order valence-corrected chi connectivity index (χ4v) is 3.03. The number of H-pyrrole nitrogens is 1. The van der Waals surface area contributed by atoms with Crippen molar-refractivity contribution < 1.29 is 9.47 Å². The zero-order valence-corrected chi connectivity index (χ0v) is 14.6. The number of nitrogens with zero attached hydrogens (tertiary/aromatic N) is 1. The smallest absolute Gasteiger partial charge is 0.194 e. The van der Waals surface area contributed by atoms with Gasteiger partial charge in [0.05, 0.1) is 19.8 Å². The lowest BCUT2D eigenvalue weighted by Gasteiger charge is -2.26. The van der Waals surface area contributed by atoms with Crippen LogP contribution >= 0.6 is 0 Å². The van der Waals surface area contributed by atoms with Crippen LogP contribution in [0.25, 0.3) is 10.9 Å². The van der Waals surface area contributed by atoms with Crippen molar-refractivity contribution in [3.05, 3.63) is 39.7 Å². The molecule has 5 heteroatoms. The molecule has 1 N–H and O–H groups in total. The number of aryl methyl sites for hydroxylation is 1. The normalized spacial score (nSPS) is 15.8. The largest absolute Gasteiger partial charge is 0.494 e. The highest BCUT2D eigenvalue weighted by molar-refractivity contribution is 5.81. The highest BCUT2D eigenvalue weighted by atomic mass is 16.5. The van der Waals surface area contributed by atoms with E-state index in [0.717, 1.165) is 61.7 Å². The van der Waals surface area contributed by atoms with Crippen LogP contribution < -0.4 is 10.2 Å². The molecular formula is C19H26N2O3. The summed E-state index contributed by atoms with van der Waals surface area (Å²) in [7, 11) is 0. The third kappa shape index (κ3) is 3.79. The van der Waals surface area contributed by atoms with Crippen LogP contribution in [-0.4, -0.2) is 42.8 Å². The summed E-state index contributed by atoms with van der Waals surface area (Å²) in [5.74, 6) is 0.766. The molecule has 1 aromatic carbocycles. The van der Waals surface area contributed by atoms with E-state index in [1.807, 2.05) is 25.1 Å². The Morgan fingerprint density at radius 1 is 1.29 bits per heavy atom. The van der Waals surface area contributed by atoms with Gasteiger partial charge in [-0.05, 0) is 31.5 Å². The second-order valence-electron chi connectivity index (χ2n) is 6.36. The second kappa shape index (κ2) is 7.81. The maximum Gasteiger partial charge on any atom is 0.194 e. The van der Waals surface area contributed by atoms with Gasteiger partial charge in [0.25, 0.3) is 0 Å². The van der Waals surface area contributed by atoms with Crippen LogP contribution in [0, 0.1) is 6.92 Å². The van der Waals surface area contributed by atoms with Crippen LogP contribution in [-0.2, 0) is 11.3 Å². The van der Waals surface area contributed by atoms with E-state index in [-0.39, 0.29) is 5.43 Å². The van der Waals surface area contributed by atoms with Crippen LogP contribution in [0.3, 0.4) is 0 Å². The average molecular weight is 330 g/mol. The van der Waals surface area contributed by atoms with Crippen molar-refractivity contribution in [3.8, 4) is 5.75 Å². The molecule has 0 spiro atoms. The van der Waals surface area contributed by atoms with E-state index >= 15 is 0 Å². The number of benzene rings is 1. The van der Waals surface area contributed by atoms with Gasteiger partial charge < -0.3 is 14.5 Å². The highest BCUT2D eigenvalue weighted by Gasteiger charge is 2.16.